The van der Waals surface area contributed by atoms with E-state index < -0.39 is 0 Å². The molecule has 1 aliphatic heterocycles. The number of hydrogen-bond donors (Lipinski definition) is 1. The first-order chi connectivity index (χ1) is 10.3. The largest absolute Gasteiger partial charge is 0.370 e. The van der Waals surface area contributed by atoms with Gasteiger partial charge in [-0.05, 0) is 30.2 Å². The molecule has 1 N–H and O–H groups in total. The number of fused-ring (bicyclic) bond motifs is 1. The van der Waals surface area contributed by atoms with Gasteiger partial charge in [0.25, 0.3) is 0 Å². The first-order valence-corrected chi connectivity index (χ1v) is 7.32. The van der Waals surface area contributed by atoms with Gasteiger partial charge in [0.2, 0.25) is 5.91 Å². The van der Waals surface area contributed by atoms with E-state index in [9.17, 15) is 4.79 Å². The minimum atomic E-state index is 0.0741. The number of pyridine rings is 1. The van der Waals surface area contributed by atoms with E-state index >= 15 is 0 Å². The Morgan fingerprint density at radius 1 is 1.19 bits per heavy atom. The molecule has 0 fully saturated rings. The highest BCUT2D eigenvalue weighted by molar-refractivity contribution is 5.76. The Morgan fingerprint density at radius 2 is 2.05 bits per heavy atom. The molecular weight excluding hydrogens is 262 g/mol. The summed E-state index contributed by atoms with van der Waals surface area (Å²) in [6.07, 6.45) is 3.33. The fourth-order valence-corrected chi connectivity index (χ4v) is 2.66. The molecule has 0 bridgehead atoms. The predicted octanol–water partition coefficient (Wildman–Crippen LogP) is 2.15. The maximum atomic E-state index is 11.9. The van der Waals surface area contributed by atoms with Crippen LogP contribution in [-0.2, 0) is 17.8 Å². The van der Waals surface area contributed by atoms with Gasteiger partial charge in [-0.25, -0.2) is 0 Å². The van der Waals surface area contributed by atoms with Gasteiger partial charge in [0, 0.05) is 31.4 Å². The van der Waals surface area contributed by atoms with Crippen LogP contribution >= 0.6 is 0 Å². The highest BCUT2D eigenvalue weighted by Crippen LogP contribution is 2.27. The Hall–Kier alpha value is -2.36. The average molecular weight is 281 g/mol. The first-order valence-electron chi connectivity index (χ1n) is 7.32. The molecule has 4 nitrogen and oxygen atoms in total. The monoisotopic (exact) mass is 281 g/mol. The smallest absolute Gasteiger partial charge is 0.222 e. The van der Waals surface area contributed by atoms with Crippen LogP contribution in [0.4, 0.5) is 5.69 Å². The van der Waals surface area contributed by atoms with E-state index in [2.05, 4.69) is 39.5 Å². The van der Waals surface area contributed by atoms with Crippen LogP contribution < -0.4 is 10.2 Å². The standard InChI is InChI=1S/C17H19N3O/c21-17(19-13-15-6-3-4-10-18-15)9-12-20-11-8-14-5-1-2-7-16(14)20/h1-7,10H,8-9,11-13H2,(H,19,21). The Kier molecular flexibility index (Phi) is 4.15. The second kappa shape index (κ2) is 6.39. The van der Waals surface area contributed by atoms with Crippen LogP contribution in [0.25, 0.3) is 0 Å². The van der Waals surface area contributed by atoms with E-state index in [1.807, 2.05) is 18.2 Å². The SMILES string of the molecule is O=C(CCN1CCc2ccccc21)NCc1ccccn1. The van der Waals surface area contributed by atoms with E-state index in [-0.39, 0.29) is 5.91 Å². The topological polar surface area (TPSA) is 45.2 Å². The average Bonchev–Trinajstić information content (AvgIpc) is 2.95. The summed E-state index contributed by atoms with van der Waals surface area (Å²) < 4.78 is 0. The fraction of sp³-hybridized carbons (Fsp3) is 0.294. The minimum absolute atomic E-state index is 0.0741. The third kappa shape index (κ3) is 3.40. The van der Waals surface area contributed by atoms with E-state index in [1.54, 1.807) is 6.20 Å². The van der Waals surface area contributed by atoms with E-state index in [4.69, 9.17) is 0 Å². The van der Waals surface area contributed by atoms with Crippen molar-refractivity contribution in [2.45, 2.75) is 19.4 Å². The van der Waals surface area contributed by atoms with Crippen molar-refractivity contribution < 1.29 is 4.79 Å². The van der Waals surface area contributed by atoms with E-state index in [0.29, 0.717) is 13.0 Å². The maximum absolute atomic E-state index is 11.9. The number of para-hydroxylation sites is 1. The van der Waals surface area contributed by atoms with Crippen molar-refractivity contribution in [3.05, 3.63) is 59.9 Å². The highest BCUT2D eigenvalue weighted by atomic mass is 16.1. The third-order valence-corrected chi connectivity index (χ3v) is 3.78. The summed E-state index contributed by atoms with van der Waals surface area (Å²) in [6.45, 7) is 2.27. The van der Waals surface area contributed by atoms with E-state index in [0.717, 1.165) is 25.2 Å². The number of nitrogens with one attached hydrogen (secondary N) is 1. The summed E-state index contributed by atoms with van der Waals surface area (Å²) in [5, 5.41) is 2.92. The number of aromatic nitrogens is 1. The lowest BCUT2D eigenvalue weighted by molar-refractivity contribution is -0.121. The Morgan fingerprint density at radius 3 is 2.90 bits per heavy atom. The molecule has 1 aromatic heterocycles. The highest BCUT2D eigenvalue weighted by Gasteiger charge is 2.18. The van der Waals surface area contributed by atoms with Crippen molar-refractivity contribution in [3.8, 4) is 0 Å². The van der Waals surface area contributed by atoms with Crippen molar-refractivity contribution in [1.29, 1.82) is 0 Å². The van der Waals surface area contributed by atoms with Crippen molar-refractivity contribution in [2.24, 2.45) is 0 Å². The number of nitrogens with zero attached hydrogens (tertiary/aromatic N) is 2. The number of amides is 1. The van der Waals surface area contributed by atoms with Gasteiger partial charge in [-0.2, -0.15) is 0 Å². The Bertz CT molecular complexity index is 612. The molecule has 1 aromatic carbocycles. The number of anilines is 1. The molecule has 108 valence electrons. The molecule has 1 aliphatic rings. The van der Waals surface area contributed by atoms with Crippen molar-refractivity contribution in [2.75, 3.05) is 18.0 Å². The van der Waals surface area contributed by atoms with Crippen LogP contribution in [0.5, 0.6) is 0 Å². The zero-order valence-corrected chi connectivity index (χ0v) is 12.0. The van der Waals surface area contributed by atoms with E-state index in [1.165, 1.54) is 11.3 Å². The van der Waals surface area contributed by atoms with Crippen LogP contribution in [0.2, 0.25) is 0 Å². The second-order valence-corrected chi connectivity index (χ2v) is 5.21. The molecule has 0 atom stereocenters. The lowest BCUT2D eigenvalue weighted by atomic mass is 10.2. The van der Waals surface area contributed by atoms with Gasteiger partial charge in [0.05, 0.1) is 12.2 Å². The predicted molar refractivity (Wildman–Crippen MR) is 83.1 cm³/mol. The number of carbonyl (C=O) groups is 1. The van der Waals surface area contributed by atoms with Gasteiger partial charge < -0.3 is 10.2 Å². The quantitative estimate of drug-likeness (QED) is 0.913. The molecule has 0 saturated heterocycles. The number of benzene rings is 1. The van der Waals surface area contributed by atoms with Crippen molar-refractivity contribution >= 4 is 11.6 Å². The molecule has 0 saturated carbocycles. The van der Waals surface area contributed by atoms with Crippen LogP contribution in [0.3, 0.4) is 0 Å². The lowest BCUT2D eigenvalue weighted by Crippen LogP contribution is -2.29. The third-order valence-electron chi connectivity index (χ3n) is 3.78. The molecule has 1 amide bonds. The molecule has 0 spiro atoms. The van der Waals surface area contributed by atoms with Crippen LogP contribution in [-0.4, -0.2) is 24.0 Å². The van der Waals surface area contributed by atoms with Crippen LogP contribution in [0.15, 0.2) is 48.7 Å². The lowest BCUT2D eigenvalue weighted by Gasteiger charge is -2.18. The molecular formula is C17H19N3O. The summed E-state index contributed by atoms with van der Waals surface area (Å²) in [4.78, 5) is 18.4. The molecule has 21 heavy (non-hydrogen) atoms. The van der Waals surface area contributed by atoms with Crippen LogP contribution in [0, 0.1) is 0 Å². The summed E-state index contributed by atoms with van der Waals surface area (Å²) in [5.41, 5.74) is 3.54. The summed E-state index contributed by atoms with van der Waals surface area (Å²) in [6, 6.07) is 14.1. The van der Waals surface area contributed by atoms with Gasteiger partial charge in [0.15, 0.2) is 0 Å². The molecule has 2 aromatic rings. The number of hydrogen-bond acceptors (Lipinski definition) is 3. The summed E-state index contributed by atoms with van der Waals surface area (Å²) in [7, 11) is 0. The number of carbonyl (C=O) groups excluding carboxylic acids is 1. The van der Waals surface area contributed by atoms with Gasteiger partial charge in [-0.15, -0.1) is 0 Å². The zero-order valence-electron chi connectivity index (χ0n) is 12.0. The van der Waals surface area contributed by atoms with Gasteiger partial charge in [-0.3, -0.25) is 9.78 Å². The molecule has 4 heteroatoms. The van der Waals surface area contributed by atoms with Crippen molar-refractivity contribution in [1.82, 2.24) is 10.3 Å². The maximum Gasteiger partial charge on any atom is 0.222 e. The second-order valence-electron chi connectivity index (χ2n) is 5.21. The fourth-order valence-electron chi connectivity index (χ4n) is 2.66. The Balaban J connectivity index is 1.47. The normalized spacial score (nSPS) is 13.0. The summed E-state index contributed by atoms with van der Waals surface area (Å²) >= 11 is 0. The molecule has 0 aliphatic carbocycles. The molecule has 0 unspecified atom stereocenters. The summed E-state index contributed by atoms with van der Waals surface area (Å²) in [5.74, 6) is 0.0741. The zero-order chi connectivity index (χ0) is 14.5. The van der Waals surface area contributed by atoms with Crippen LogP contribution in [0.1, 0.15) is 17.7 Å². The Labute approximate surface area is 124 Å². The molecule has 0 radical (unpaired) electrons. The first kappa shape index (κ1) is 13.6. The molecule has 3 rings (SSSR count). The van der Waals surface area contributed by atoms with Gasteiger partial charge >= 0.3 is 0 Å². The van der Waals surface area contributed by atoms with Gasteiger partial charge in [-0.1, -0.05) is 24.3 Å². The number of rotatable bonds is 5. The van der Waals surface area contributed by atoms with Gasteiger partial charge in [0.1, 0.15) is 0 Å². The molecule has 2 heterocycles. The van der Waals surface area contributed by atoms with Crippen molar-refractivity contribution in [3.63, 3.8) is 0 Å². The minimum Gasteiger partial charge on any atom is -0.370 e.